The molecule has 22 heavy (non-hydrogen) atoms. The molecule has 0 aliphatic heterocycles. The SMILES string of the molecule is Cc1c[nH]c2nccc(NC(=O)c3ccc(C(C)N)cc3)c12. The molecule has 1 amide bonds. The molecule has 1 atom stereocenters. The number of rotatable bonds is 3. The van der Waals surface area contributed by atoms with Crippen LogP contribution < -0.4 is 11.1 Å². The molecule has 0 bridgehead atoms. The number of nitrogens with two attached hydrogens (primary N) is 1. The van der Waals surface area contributed by atoms with Gasteiger partial charge in [0.1, 0.15) is 5.65 Å². The first-order valence-electron chi connectivity index (χ1n) is 7.16. The normalized spacial score (nSPS) is 12.3. The van der Waals surface area contributed by atoms with Gasteiger partial charge in [-0.15, -0.1) is 0 Å². The van der Waals surface area contributed by atoms with Gasteiger partial charge in [0.2, 0.25) is 0 Å². The van der Waals surface area contributed by atoms with E-state index in [1.54, 1.807) is 24.4 Å². The molecular weight excluding hydrogens is 276 g/mol. The van der Waals surface area contributed by atoms with Crippen LogP contribution in [0, 0.1) is 6.92 Å². The van der Waals surface area contributed by atoms with Crippen molar-refractivity contribution in [3.63, 3.8) is 0 Å². The van der Waals surface area contributed by atoms with Crippen LogP contribution >= 0.6 is 0 Å². The lowest BCUT2D eigenvalue weighted by Gasteiger charge is -2.09. The summed E-state index contributed by atoms with van der Waals surface area (Å²) in [7, 11) is 0. The van der Waals surface area contributed by atoms with Crippen molar-refractivity contribution >= 4 is 22.6 Å². The largest absolute Gasteiger partial charge is 0.346 e. The number of fused-ring (bicyclic) bond motifs is 1. The molecule has 0 fully saturated rings. The summed E-state index contributed by atoms with van der Waals surface area (Å²) in [5.74, 6) is -0.149. The number of aryl methyl sites for hydroxylation is 1. The Morgan fingerprint density at radius 1 is 1.27 bits per heavy atom. The zero-order chi connectivity index (χ0) is 15.7. The monoisotopic (exact) mass is 294 g/mol. The molecule has 0 aliphatic carbocycles. The van der Waals surface area contributed by atoms with Crippen molar-refractivity contribution in [2.45, 2.75) is 19.9 Å². The van der Waals surface area contributed by atoms with E-state index in [1.807, 2.05) is 32.2 Å². The number of aromatic nitrogens is 2. The average Bonchev–Trinajstić information content (AvgIpc) is 2.90. The van der Waals surface area contributed by atoms with E-state index in [4.69, 9.17) is 5.73 Å². The molecule has 2 heterocycles. The average molecular weight is 294 g/mol. The minimum atomic E-state index is -0.149. The van der Waals surface area contributed by atoms with Crippen LogP contribution in [0.1, 0.15) is 34.5 Å². The number of hydrogen-bond acceptors (Lipinski definition) is 3. The number of anilines is 1. The third-order valence-corrected chi connectivity index (χ3v) is 3.72. The lowest BCUT2D eigenvalue weighted by atomic mass is 10.1. The highest BCUT2D eigenvalue weighted by atomic mass is 16.1. The Morgan fingerprint density at radius 2 is 2.00 bits per heavy atom. The van der Waals surface area contributed by atoms with Crippen LogP contribution in [0.5, 0.6) is 0 Å². The van der Waals surface area contributed by atoms with Crippen LogP contribution in [0.25, 0.3) is 11.0 Å². The maximum Gasteiger partial charge on any atom is 0.255 e. The van der Waals surface area contributed by atoms with Crippen LogP contribution in [-0.4, -0.2) is 15.9 Å². The molecular formula is C17H18N4O. The molecule has 112 valence electrons. The lowest BCUT2D eigenvalue weighted by Crippen LogP contribution is -2.13. The Labute approximate surface area is 128 Å². The Kier molecular flexibility index (Phi) is 3.65. The number of amides is 1. The molecule has 5 nitrogen and oxygen atoms in total. The van der Waals surface area contributed by atoms with Gasteiger partial charge in [0.05, 0.1) is 5.69 Å². The number of nitrogens with zero attached hydrogens (tertiary/aromatic N) is 1. The summed E-state index contributed by atoms with van der Waals surface area (Å²) >= 11 is 0. The highest BCUT2D eigenvalue weighted by molar-refractivity contribution is 6.08. The van der Waals surface area contributed by atoms with Crippen molar-refractivity contribution in [1.82, 2.24) is 9.97 Å². The summed E-state index contributed by atoms with van der Waals surface area (Å²) in [5.41, 5.74) is 9.99. The molecule has 0 spiro atoms. The summed E-state index contributed by atoms with van der Waals surface area (Å²) in [6, 6.07) is 9.09. The van der Waals surface area contributed by atoms with Gasteiger partial charge in [-0.25, -0.2) is 4.98 Å². The number of nitrogens with one attached hydrogen (secondary N) is 2. The van der Waals surface area contributed by atoms with Gasteiger partial charge in [0.25, 0.3) is 5.91 Å². The van der Waals surface area contributed by atoms with Crippen molar-refractivity contribution in [1.29, 1.82) is 0 Å². The first-order valence-corrected chi connectivity index (χ1v) is 7.16. The zero-order valence-electron chi connectivity index (χ0n) is 12.6. The van der Waals surface area contributed by atoms with Crippen molar-refractivity contribution in [3.8, 4) is 0 Å². The van der Waals surface area contributed by atoms with Crippen molar-refractivity contribution in [2.75, 3.05) is 5.32 Å². The number of carbonyl (C=O) groups excluding carboxylic acids is 1. The highest BCUT2D eigenvalue weighted by Gasteiger charge is 2.11. The first-order chi connectivity index (χ1) is 10.6. The van der Waals surface area contributed by atoms with Crippen LogP contribution in [0.3, 0.4) is 0 Å². The summed E-state index contributed by atoms with van der Waals surface area (Å²) in [5, 5.41) is 3.88. The molecule has 0 aliphatic rings. The fourth-order valence-corrected chi connectivity index (χ4v) is 2.46. The predicted molar refractivity (Wildman–Crippen MR) is 87.8 cm³/mol. The molecule has 4 N–H and O–H groups in total. The molecule has 3 rings (SSSR count). The summed E-state index contributed by atoms with van der Waals surface area (Å²) in [6.07, 6.45) is 3.55. The number of benzene rings is 1. The van der Waals surface area contributed by atoms with Crippen molar-refractivity contribution in [2.24, 2.45) is 5.73 Å². The van der Waals surface area contributed by atoms with Crippen LogP contribution in [0.2, 0.25) is 0 Å². The minimum absolute atomic E-state index is 0.0422. The highest BCUT2D eigenvalue weighted by Crippen LogP contribution is 2.25. The molecule has 0 saturated carbocycles. The van der Waals surface area contributed by atoms with Gasteiger partial charge in [0.15, 0.2) is 0 Å². The van der Waals surface area contributed by atoms with Gasteiger partial charge in [0, 0.05) is 29.4 Å². The molecule has 3 aromatic rings. The molecule has 5 heteroatoms. The standard InChI is InChI=1S/C17H18N4O/c1-10-9-20-16-15(10)14(7-8-19-16)21-17(22)13-5-3-12(4-6-13)11(2)18/h3-9,11H,18H2,1-2H3,(H2,19,20,21,22). The van der Waals surface area contributed by atoms with Gasteiger partial charge in [-0.1, -0.05) is 12.1 Å². The van der Waals surface area contributed by atoms with Crippen molar-refractivity contribution in [3.05, 3.63) is 59.4 Å². The maximum absolute atomic E-state index is 12.4. The van der Waals surface area contributed by atoms with E-state index in [-0.39, 0.29) is 11.9 Å². The molecule has 0 radical (unpaired) electrons. The Bertz CT molecular complexity index is 818. The lowest BCUT2D eigenvalue weighted by molar-refractivity contribution is 0.102. The van der Waals surface area contributed by atoms with E-state index in [2.05, 4.69) is 15.3 Å². The Hall–Kier alpha value is -2.66. The van der Waals surface area contributed by atoms with E-state index in [0.29, 0.717) is 5.56 Å². The summed E-state index contributed by atoms with van der Waals surface area (Å²) < 4.78 is 0. The molecule has 1 aromatic carbocycles. The predicted octanol–water partition coefficient (Wildman–Crippen LogP) is 3.14. The van der Waals surface area contributed by atoms with Gasteiger partial charge >= 0.3 is 0 Å². The maximum atomic E-state index is 12.4. The third-order valence-electron chi connectivity index (χ3n) is 3.72. The molecule has 2 aromatic heterocycles. The van der Waals surface area contributed by atoms with E-state index in [0.717, 1.165) is 27.8 Å². The number of pyridine rings is 1. The Balaban J connectivity index is 1.88. The van der Waals surface area contributed by atoms with E-state index < -0.39 is 0 Å². The van der Waals surface area contributed by atoms with Gasteiger partial charge < -0.3 is 16.0 Å². The second-order valence-electron chi connectivity index (χ2n) is 5.42. The minimum Gasteiger partial charge on any atom is -0.346 e. The van der Waals surface area contributed by atoms with Crippen molar-refractivity contribution < 1.29 is 4.79 Å². The van der Waals surface area contributed by atoms with Gasteiger partial charge in [-0.3, -0.25) is 4.79 Å². The zero-order valence-corrected chi connectivity index (χ0v) is 12.6. The second kappa shape index (κ2) is 5.61. The van der Waals surface area contributed by atoms with Gasteiger partial charge in [-0.2, -0.15) is 0 Å². The number of hydrogen-bond donors (Lipinski definition) is 3. The van der Waals surface area contributed by atoms with Crippen LogP contribution in [-0.2, 0) is 0 Å². The Morgan fingerprint density at radius 3 is 2.68 bits per heavy atom. The third kappa shape index (κ3) is 2.58. The van der Waals surface area contributed by atoms with E-state index in [1.165, 1.54) is 0 Å². The second-order valence-corrected chi connectivity index (χ2v) is 5.42. The summed E-state index contributed by atoms with van der Waals surface area (Å²) in [6.45, 7) is 3.89. The smallest absolute Gasteiger partial charge is 0.255 e. The number of H-pyrrole nitrogens is 1. The molecule has 1 unspecified atom stereocenters. The number of carbonyl (C=O) groups is 1. The first kappa shape index (κ1) is 14.3. The molecule has 0 saturated heterocycles. The van der Waals surface area contributed by atoms with Crippen LogP contribution in [0.4, 0.5) is 5.69 Å². The van der Waals surface area contributed by atoms with E-state index in [9.17, 15) is 4.79 Å². The van der Waals surface area contributed by atoms with Gasteiger partial charge in [-0.05, 0) is 43.2 Å². The van der Waals surface area contributed by atoms with E-state index >= 15 is 0 Å². The quantitative estimate of drug-likeness (QED) is 0.694. The topological polar surface area (TPSA) is 83.8 Å². The van der Waals surface area contributed by atoms with Crippen LogP contribution in [0.15, 0.2) is 42.7 Å². The summed E-state index contributed by atoms with van der Waals surface area (Å²) in [4.78, 5) is 19.7. The number of aromatic amines is 1. The fourth-order valence-electron chi connectivity index (χ4n) is 2.46. The fraction of sp³-hybridized carbons (Fsp3) is 0.176.